The lowest BCUT2D eigenvalue weighted by Crippen LogP contribution is -2.46. The fourth-order valence-electron chi connectivity index (χ4n) is 9.55. The molecule has 0 aliphatic heterocycles. The van der Waals surface area contributed by atoms with Gasteiger partial charge in [0.25, 0.3) is 0 Å². The molecule has 3 atom stereocenters. The molecule has 0 aliphatic rings. The summed E-state index contributed by atoms with van der Waals surface area (Å²) < 4.78 is 5.97. The zero-order valence-corrected chi connectivity index (χ0v) is 44.9. The Labute approximate surface area is 412 Å². The number of aliphatic hydroxyl groups is 2. The largest absolute Gasteiger partial charge is 0.462 e. The van der Waals surface area contributed by atoms with E-state index in [2.05, 4.69) is 38.2 Å². The van der Waals surface area contributed by atoms with Crippen LogP contribution in [0.25, 0.3) is 0 Å². The minimum Gasteiger partial charge on any atom is -0.462 e. The number of hydrogen-bond donors (Lipinski definition) is 3. The van der Waals surface area contributed by atoms with E-state index in [1.165, 1.54) is 244 Å². The molecule has 0 rings (SSSR count). The Bertz CT molecular complexity index is 1000. The number of ether oxygens (including phenoxy) is 1. The topological polar surface area (TPSA) is 95.9 Å². The minimum atomic E-state index is -0.783. The van der Waals surface area contributed by atoms with Crippen molar-refractivity contribution in [2.75, 3.05) is 6.61 Å². The number of esters is 1. The van der Waals surface area contributed by atoms with Gasteiger partial charge in [-0.05, 0) is 51.4 Å². The Morgan fingerprint density at radius 3 is 1.09 bits per heavy atom. The fourth-order valence-corrected chi connectivity index (χ4v) is 9.55. The van der Waals surface area contributed by atoms with E-state index in [1.807, 2.05) is 0 Å². The summed E-state index contributed by atoms with van der Waals surface area (Å²) in [6, 6.07) is -0.697. The second-order valence-electron chi connectivity index (χ2n) is 20.8. The van der Waals surface area contributed by atoms with Crippen LogP contribution in [0.4, 0.5) is 0 Å². The number of allylic oxidation sites excluding steroid dienone is 2. The van der Waals surface area contributed by atoms with E-state index in [1.54, 1.807) is 0 Å². The van der Waals surface area contributed by atoms with Crippen molar-refractivity contribution in [3.63, 3.8) is 0 Å². The molecule has 0 aliphatic carbocycles. The van der Waals surface area contributed by atoms with Crippen molar-refractivity contribution in [3.8, 4) is 0 Å². The second kappa shape index (κ2) is 54.5. The molecule has 0 aromatic carbocycles. The first-order valence-corrected chi connectivity index (χ1v) is 29.9. The van der Waals surface area contributed by atoms with Crippen LogP contribution >= 0.6 is 0 Å². The van der Waals surface area contributed by atoms with E-state index in [4.69, 9.17) is 4.74 Å². The summed E-state index contributed by atoms with van der Waals surface area (Å²) in [5, 5.41) is 23.9. The smallest absolute Gasteiger partial charge is 0.306 e. The quantitative estimate of drug-likeness (QED) is 0.0321. The third-order valence-electron chi connectivity index (χ3n) is 14.1. The highest BCUT2D eigenvalue weighted by atomic mass is 16.5. The first-order chi connectivity index (χ1) is 32.5. The SMILES string of the molecule is CCCCCC/C=C\CCCCCCCCCC(=O)OC(CCCCCCCCCCCCCCCCCC)CC(=O)NC(CO)C(O)CCCCCCCCCCCCCCCCCC. The summed E-state index contributed by atoms with van der Waals surface area (Å²) in [7, 11) is 0. The zero-order chi connectivity index (χ0) is 48.1. The first-order valence-electron chi connectivity index (χ1n) is 29.9. The van der Waals surface area contributed by atoms with E-state index in [-0.39, 0.29) is 24.9 Å². The maximum Gasteiger partial charge on any atom is 0.306 e. The van der Waals surface area contributed by atoms with Gasteiger partial charge in [0.05, 0.1) is 25.2 Å². The van der Waals surface area contributed by atoms with E-state index in [9.17, 15) is 19.8 Å². The van der Waals surface area contributed by atoms with E-state index >= 15 is 0 Å². The number of aliphatic hydroxyl groups excluding tert-OH is 2. The van der Waals surface area contributed by atoms with Gasteiger partial charge in [-0.2, -0.15) is 0 Å². The number of carbonyl (C=O) groups excluding carboxylic acids is 2. The average molecular weight is 933 g/mol. The van der Waals surface area contributed by atoms with Gasteiger partial charge in [-0.1, -0.05) is 283 Å². The molecule has 3 N–H and O–H groups in total. The standard InChI is InChI=1S/C60H117NO5/c1-4-7-10-13-16-19-22-25-28-31-33-36-39-42-45-48-51-56(66-60(65)53-50-47-44-41-38-35-30-27-24-21-18-15-12-9-6-3)54-59(64)61-57(55-62)58(63)52-49-46-43-40-37-34-32-29-26-23-20-17-14-11-8-5-2/h21,24,56-58,62-63H,4-20,22-23,25-55H2,1-3H3,(H,61,64)/b24-21-. The summed E-state index contributed by atoms with van der Waals surface area (Å²) in [5.41, 5.74) is 0. The maximum absolute atomic E-state index is 13.3. The Morgan fingerprint density at radius 2 is 0.727 bits per heavy atom. The van der Waals surface area contributed by atoms with Gasteiger partial charge in [-0.15, -0.1) is 0 Å². The van der Waals surface area contributed by atoms with Gasteiger partial charge >= 0.3 is 5.97 Å². The molecule has 0 spiro atoms. The molecule has 0 radical (unpaired) electrons. The van der Waals surface area contributed by atoms with Crippen molar-refractivity contribution in [1.29, 1.82) is 0 Å². The summed E-state index contributed by atoms with van der Waals surface area (Å²) in [4.78, 5) is 26.3. The van der Waals surface area contributed by atoms with Crippen LogP contribution in [0.5, 0.6) is 0 Å². The maximum atomic E-state index is 13.3. The zero-order valence-electron chi connectivity index (χ0n) is 44.9. The van der Waals surface area contributed by atoms with Gasteiger partial charge in [-0.25, -0.2) is 0 Å². The van der Waals surface area contributed by atoms with Crippen molar-refractivity contribution >= 4 is 11.9 Å². The van der Waals surface area contributed by atoms with Crippen LogP contribution in [0.1, 0.15) is 335 Å². The van der Waals surface area contributed by atoms with E-state index in [0.717, 1.165) is 44.9 Å². The van der Waals surface area contributed by atoms with Crippen LogP contribution in [-0.4, -0.2) is 46.9 Å². The molecule has 0 aromatic heterocycles. The lowest BCUT2D eigenvalue weighted by atomic mass is 10.0. The Morgan fingerprint density at radius 1 is 0.424 bits per heavy atom. The summed E-state index contributed by atoms with van der Waals surface area (Å²) in [5.74, 6) is -0.454. The van der Waals surface area contributed by atoms with Gasteiger partial charge in [0, 0.05) is 6.42 Å². The monoisotopic (exact) mass is 932 g/mol. The lowest BCUT2D eigenvalue weighted by Gasteiger charge is -2.24. The normalized spacial score (nSPS) is 13.1. The number of amides is 1. The number of nitrogens with one attached hydrogen (secondary N) is 1. The Hall–Kier alpha value is -1.40. The predicted molar refractivity (Wildman–Crippen MR) is 287 cm³/mol. The summed E-state index contributed by atoms with van der Waals surface area (Å²) in [6.45, 7) is 6.52. The molecule has 3 unspecified atom stereocenters. The molecule has 0 saturated carbocycles. The molecule has 0 heterocycles. The minimum absolute atomic E-state index is 0.0841. The molecule has 0 bridgehead atoms. The summed E-state index contributed by atoms with van der Waals surface area (Å²) >= 11 is 0. The highest BCUT2D eigenvalue weighted by Crippen LogP contribution is 2.19. The molecule has 6 heteroatoms. The molecular weight excluding hydrogens is 815 g/mol. The molecule has 392 valence electrons. The van der Waals surface area contributed by atoms with Gasteiger partial charge in [0.15, 0.2) is 0 Å². The fraction of sp³-hybridized carbons (Fsp3) is 0.933. The second-order valence-corrected chi connectivity index (χ2v) is 20.8. The van der Waals surface area contributed by atoms with E-state index < -0.39 is 18.2 Å². The Kier molecular flexibility index (Phi) is 53.4. The number of unbranched alkanes of at least 4 members (excludes halogenated alkanes) is 41. The van der Waals surface area contributed by atoms with Crippen LogP contribution in [0.3, 0.4) is 0 Å². The van der Waals surface area contributed by atoms with Crippen LogP contribution in [0.15, 0.2) is 12.2 Å². The Balaban J connectivity index is 4.50. The van der Waals surface area contributed by atoms with Crippen LogP contribution in [-0.2, 0) is 14.3 Å². The molecular formula is C60H117NO5. The number of hydrogen-bond acceptors (Lipinski definition) is 5. The molecule has 0 fully saturated rings. The molecule has 0 aromatic rings. The van der Waals surface area contributed by atoms with Crippen molar-refractivity contribution in [2.45, 2.75) is 354 Å². The van der Waals surface area contributed by atoms with Crippen molar-refractivity contribution < 1.29 is 24.5 Å². The first kappa shape index (κ1) is 64.6. The highest BCUT2D eigenvalue weighted by molar-refractivity contribution is 5.77. The lowest BCUT2D eigenvalue weighted by molar-refractivity contribution is -0.151. The van der Waals surface area contributed by atoms with Crippen LogP contribution in [0.2, 0.25) is 0 Å². The van der Waals surface area contributed by atoms with Crippen molar-refractivity contribution in [3.05, 3.63) is 12.2 Å². The average Bonchev–Trinajstić information content (AvgIpc) is 3.31. The van der Waals surface area contributed by atoms with Gasteiger partial charge in [0.2, 0.25) is 5.91 Å². The highest BCUT2D eigenvalue weighted by Gasteiger charge is 2.24. The van der Waals surface area contributed by atoms with E-state index in [0.29, 0.717) is 19.3 Å². The molecule has 6 nitrogen and oxygen atoms in total. The predicted octanol–water partition coefficient (Wildman–Crippen LogP) is 18.5. The van der Waals surface area contributed by atoms with Crippen LogP contribution in [0, 0.1) is 0 Å². The van der Waals surface area contributed by atoms with Crippen molar-refractivity contribution in [1.82, 2.24) is 5.32 Å². The molecule has 66 heavy (non-hydrogen) atoms. The summed E-state index contributed by atoms with van der Waals surface area (Å²) in [6.07, 6.45) is 62.8. The van der Waals surface area contributed by atoms with Gasteiger partial charge < -0.3 is 20.3 Å². The number of rotatable bonds is 55. The number of carbonyl (C=O) groups is 2. The third-order valence-corrected chi connectivity index (χ3v) is 14.1. The van der Waals surface area contributed by atoms with Crippen molar-refractivity contribution in [2.24, 2.45) is 0 Å². The van der Waals surface area contributed by atoms with Crippen LogP contribution < -0.4 is 5.32 Å². The molecule has 1 amide bonds. The van der Waals surface area contributed by atoms with Gasteiger partial charge in [0.1, 0.15) is 6.10 Å². The van der Waals surface area contributed by atoms with Gasteiger partial charge in [-0.3, -0.25) is 9.59 Å². The molecule has 0 saturated heterocycles. The third kappa shape index (κ3) is 49.0.